The van der Waals surface area contributed by atoms with E-state index in [9.17, 15) is 9.59 Å². The molecule has 1 atom stereocenters. The van der Waals surface area contributed by atoms with Gasteiger partial charge in [-0.15, -0.1) is 0 Å². The zero-order chi connectivity index (χ0) is 15.7. The summed E-state index contributed by atoms with van der Waals surface area (Å²) in [5, 5.41) is 3.81. The summed E-state index contributed by atoms with van der Waals surface area (Å²) in [6.45, 7) is 1.40. The van der Waals surface area contributed by atoms with Crippen LogP contribution in [0, 0.1) is 0 Å². The Kier molecular flexibility index (Phi) is 3.94. The van der Waals surface area contributed by atoms with Crippen LogP contribution >= 0.6 is 12.2 Å². The first kappa shape index (κ1) is 14.7. The molecule has 5 nitrogen and oxygen atoms in total. The molecule has 3 N–H and O–H groups in total. The topological polar surface area (TPSA) is 75.4 Å². The number of nitrogens with zero attached hydrogens (tertiary/aromatic N) is 1. The molecule has 0 bridgehead atoms. The van der Waals surface area contributed by atoms with Crippen molar-refractivity contribution in [2.75, 3.05) is 12.3 Å². The summed E-state index contributed by atoms with van der Waals surface area (Å²) in [5.74, 6) is 0. The van der Waals surface area contributed by atoms with Gasteiger partial charge in [0.05, 0.1) is 17.3 Å². The highest BCUT2D eigenvalue weighted by Crippen LogP contribution is 2.32. The van der Waals surface area contributed by atoms with Crippen molar-refractivity contribution in [1.82, 2.24) is 10.2 Å². The number of thiocarbonyl (C=S) groups is 1. The van der Waals surface area contributed by atoms with Crippen molar-refractivity contribution in [3.63, 3.8) is 0 Å². The maximum absolute atomic E-state index is 11.7. The molecule has 1 heterocycles. The Hall–Kier alpha value is -2.21. The molecule has 22 heavy (non-hydrogen) atoms. The molecular formula is C16H17N3O2S. The molecule has 1 aliphatic rings. The summed E-state index contributed by atoms with van der Waals surface area (Å²) >= 11 is 5.44. The molecule has 0 aromatic heterocycles. The Morgan fingerprint density at radius 3 is 2.68 bits per heavy atom. The largest absolute Gasteiger partial charge is 0.395 e. The summed E-state index contributed by atoms with van der Waals surface area (Å²) in [4.78, 5) is 25.0. The summed E-state index contributed by atoms with van der Waals surface area (Å²) < 4.78 is 0. The van der Waals surface area contributed by atoms with Gasteiger partial charge < -0.3 is 16.0 Å². The van der Waals surface area contributed by atoms with E-state index in [2.05, 4.69) is 5.32 Å². The first-order valence-electron chi connectivity index (χ1n) is 7.26. The van der Waals surface area contributed by atoms with E-state index in [-0.39, 0.29) is 11.7 Å². The first-order chi connectivity index (χ1) is 10.6. The number of rotatable bonds is 3. The van der Waals surface area contributed by atoms with Gasteiger partial charge >= 0.3 is 0 Å². The van der Waals surface area contributed by atoms with E-state index < -0.39 is 10.9 Å². The van der Waals surface area contributed by atoms with Gasteiger partial charge in [0.1, 0.15) is 0 Å². The molecule has 2 aromatic rings. The molecule has 0 saturated carbocycles. The van der Waals surface area contributed by atoms with Crippen LogP contribution < -0.4 is 21.9 Å². The minimum Gasteiger partial charge on any atom is -0.395 e. The SMILES string of the molecule is Nc1c(C2CCCN2C(=S)NCc2ccccc2)c(=O)c1=O. The van der Waals surface area contributed by atoms with Gasteiger partial charge in [-0.3, -0.25) is 9.59 Å². The summed E-state index contributed by atoms with van der Waals surface area (Å²) in [6, 6.07) is 9.79. The Labute approximate surface area is 133 Å². The molecule has 0 amide bonds. The highest BCUT2D eigenvalue weighted by Gasteiger charge is 2.34. The van der Waals surface area contributed by atoms with Crippen LogP contribution in [0.25, 0.3) is 0 Å². The predicted molar refractivity (Wildman–Crippen MR) is 90.3 cm³/mol. The van der Waals surface area contributed by atoms with Crippen LogP contribution in [-0.2, 0) is 6.54 Å². The zero-order valence-electron chi connectivity index (χ0n) is 12.0. The average molecular weight is 315 g/mol. The van der Waals surface area contributed by atoms with Gasteiger partial charge in [-0.05, 0) is 30.6 Å². The van der Waals surface area contributed by atoms with Gasteiger partial charge in [-0.2, -0.15) is 0 Å². The van der Waals surface area contributed by atoms with Gasteiger partial charge in [0.2, 0.25) is 10.9 Å². The van der Waals surface area contributed by atoms with Gasteiger partial charge in [0, 0.05) is 13.1 Å². The second-order valence-corrected chi connectivity index (χ2v) is 5.87. The van der Waals surface area contributed by atoms with E-state index >= 15 is 0 Å². The van der Waals surface area contributed by atoms with Gasteiger partial charge in [-0.25, -0.2) is 0 Å². The maximum Gasteiger partial charge on any atom is 0.249 e. The Balaban J connectivity index is 1.70. The van der Waals surface area contributed by atoms with E-state index in [1.807, 2.05) is 35.2 Å². The molecule has 3 rings (SSSR count). The molecule has 1 saturated heterocycles. The lowest BCUT2D eigenvalue weighted by molar-refractivity contribution is 0.390. The van der Waals surface area contributed by atoms with Crippen molar-refractivity contribution in [2.45, 2.75) is 25.4 Å². The van der Waals surface area contributed by atoms with Crippen molar-refractivity contribution in [3.8, 4) is 0 Å². The molecule has 6 heteroatoms. The maximum atomic E-state index is 11.7. The fourth-order valence-electron chi connectivity index (χ4n) is 2.94. The van der Waals surface area contributed by atoms with E-state index in [1.54, 1.807) is 0 Å². The number of hydrogen-bond acceptors (Lipinski definition) is 4. The monoisotopic (exact) mass is 315 g/mol. The van der Waals surface area contributed by atoms with Crippen molar-refractivity contribution in [2.24, 2.45) is 0 Å². The summed E-state index contributed by atoms with van der Waals surface area (Å²) in [7, 11) is 0. The van der Waals surface area contributed by atoms with E-state index in [0.717, 1.165) is 24.9 Å². The van der Waals surface area contributed by atoms with Gasteiger partial charge in [0.25, 0.3) is 0 Å². The predicted octanol–water partition coefficient (Wildman–Crippen LogP) is 1.08. The lowest BCUT2D eigenvalue weighted by atomic mass is 9.98. The van der Waals surface area contributed by atoms with Crippen LogP contribution in [0.2, 0.25) is 0 Å². The van der Waals surface area contributed by atoms with E-state index in [4.69, 9.17) is 18.0 Å². The number of anilines is 1. The first-order valence-corrected chi connectivity index (χ1v) is 7.67. The standard InChI is InChI=1S/C16H17N3O2S/c17-13-12(14(20)15(13)21)11-7-4-8-19(11)16(22)18-9-10-5-2-1-3-6-10/h1-3,5-6,11H,4,7-9,17H2,(H,18,22). The number of nitrogens with one attached hydrogen (secondary N) is 1. The highest BCUT2D eigenvalue weighted by atomic mass is 32.1. The normalized spacial score (nSPS) is 17.8. The second kappa shape index (κ2) is 5.88. The van der Waals surface area contributed by atoms with Gasteiger partial charge in [0.15, 0.2) is 5.11 Å². The van der Waals surface area contributed by atoms with Crippen LogP contribution in [0.4, 0.5) is 5.69 Å². The molecule has 1 aliphatic heterocycles. The third-order valence-corrected chi connectivity index (χ3v) is 4.50. The molecular weight excluding hydrogens is 298 g/mol. The van der Waals surface area contributed by atoms with Gasteiger partial charge in [-0.1, -0.05) is 30.3 Å². The number of nitrogens with two attached hydrogens (primary N) is 1. The Morgan fingerprint density at radius 2 is 2.00 bits per heavy atom. The smallest absolute Gasteiger partial charge is 0.249 e. The molecule has 0 radical (unpaired) electrons. The van der Waals surface area contributed by atoms with Crippen LogP contribution in [-0.4, -0.2) is 16.6 Å². The van der Waals surface area contributed by atoms with Crippen LogP contribution in [0.5, 0.6) is 0 Å². The highest BCUT2D eigenvalue weighted by molar-refractivity contribution is 7.80. The molecule has 0 aliphatic carbocycles. The van der Waals surface area contributed by atoms with Crippen LogP contribution in [0.3, 0.4) is 0 Å². The molecule has 2 aromatic carbocycles. The lowest BCUT2D eigenvalue weighted by Gasteiger charge is -2.28. The molecule has 1 fully saturated rings. The fourth-order valence-corrected chi connectivity index (χ4v) is 3.23. The third-order valence-electron chi connectivity index (χ3n) is 4.12. The molecule has 0 spiro atoms. The van der Waals surface area contributed by atoms with E-state index in [1.165, 1.54) is 0 Å². The Morgan fingerprint density at radius 1 is 1.27 bits per heavy atom. The second-order valence-electron chi connectivity index (χ2n) is 5.48. The average Bonchev–Trinajstić information content (AvgIpc) is 3.02. The van der Waals surface area contributed by atoms with Crippen LogP contribution in [0.1, 0.15) is 30.0 Å². The van der Waals surface area contributed by atoms with Crippen molar-refractivity contribution in [1.29, 1.82) is 0 Å². The van der Waals surface area contributed by atoms with Crippen molar-refractivity contribution < 1.29 is 0 Å². The number of nitrogen functional groups attached to an aromatic ring is 1. The number of benzene rings is 1. The minimum atomic E-state index is -0.565. The minimum absolute atomic E-state index is 0.104. The van der Waals surface area contributed by atoms with Crippen LogP contribution in [0.15, 0.2) is 39.9 Å². The van der Waals surface area contributed by atoms with E-state index in [0.29, 0.717) is 17.2 Å². The van der Waals surface area contributed by atoms with Crippen molar-refractivity contribution in [3.05, 3.63) is 61.9 Å². The quantitative estimate of drug-likeness (QED) is 0.652. The number of likely N-dealkylation sites (tertiary alicyclic amines) is 1. The molecule has 114 valence electrons. The third kappa shape index (κ3) is 2.50. The summed E-state index contributed by atoms with van der Waals surface area (Å²) in [6.07, 6.45) is 1.72. The molecule has 1 unspecified atom stereocenters. The van der Waals surface area contributed by atoms with Crippen molar-refractivity contribution >= 4 is 23.0 Å². The Bertz CT molecular complexity index is 765. The lowest BCUT2D eigenvalue weighted by Crippen LogP contribution is -2.45. The fraction of sp³-hybridized carbons (Fsp3) is 0.312. The zero-order valence-corrected chi connectivity index (χ0v) is 12.9. The number of hydrogen-bond donors (Lipinski definition) is 2. The summed E-state index contributed by atoms with van der Waals surface area (Å²) in [5.41, 5.74) is 6.33.